The van der Waals surface area contributed by atoms with Crippen molar-refractivity contribution in [1.82, 2.24) is 15.3 Å². The fourth-order valence-corrected chi connectivity index (χ4v) is 5.20. The molecular weight excluding hydrogens is 447 g/mol. The standard InChI is InChI=1S/C20H20Cl2N4OS2/c1-28-20-24-17(26-7-3-2-4-8-26)14-10-16(29-19(14)25-20)18(27)23-11-12-5-6-13(21)9-15(12)22/h5-6,9-10H,2-4,7-8,11H2,1H3,(H,23,27). The zero-order chi connectivity index (χ0) is 20.4. The summed E-state index contributed by atoms with van der Waals surface area (Å²) >= 11 is 15.1. The molecular formula is C20H20Cl2N4OS2. The topological polar surface area (TPSA) is 58.1 Å². The van der Waals surface area contributed by atoms with Gasteiger partial charge >= 0.3 is 0 Å². The van der Waals surface area contributed by atoms with Gasteiger partial charge in [-0.3, -0.25) is 4.79 Å². The van der Waals surface area contributed by atoms with Crippen LogP contribution < -0.4 is 10.2 Å². The molecule has 3 aromatic rings. The zero-order valence-electron chi connectivity index (χ0n) is 15.9. The Kier molecular flexibility index (Phi) is 6.49. The summed E-state index contributed by atoms with van der Waals surface area (Å²) in [5, 5.41) is 5.74. The summed E-state index contributed by atoms with van der Waals surface area (Å²) < 4.78 is 0. The third-order valence-electron chi connectivity index (χ3n) is 4.87. The lowest BCUT2D eigenvalue weighted by Gasteiger charge is -2.28. The highest BCUT2D eigenvalue weighted by atomic mass is 35.5. The van der Waals surface area contributed by atoms with E-state index in [0.29, 0.717) is 21.5 Å². The van der Waals surface area contributed by atoms with Crippen molar-refractivity contribution in [1.29, 1.82) is 0 Å². The maximum Gasteiger partial charge on any atom is 0.261 e. The third-order valence-corrected chi connectivity index (χ3v) is 7.03. The lowest BCUT2D eigenvalue weighted by Crippen LogP contribution is -2.30. The summed E-state index contributed by atoms with van der Waals surface area (Å²) in [7, 11) is 0. The maximum absolute atomic E-state index is 12.8. The number of rotatable bonds is 5. The summed E-state index contributed by atoms with van der Waals surface area (Å²) in [6, 6.07) is 7.17. The number of thioether (sulfide) groups is 1. The summed E-state index contributed by atoms with van der Waals surface area (Å²) in [6.07, 6.45) is 5.56. The molecule has 29 heavy (non-hydrogen) atoms. The first kappa shape index (κ1) is 20.7. The summed E-state index contributed by atoms with van der Waals surface area (Å²) in [5.74, 6) is 0.796. The molecule has 0 unspecified atom stereocenters. The minimum absolute atomic E-state index is 0.144. The smallest absolute Gasteiger partial charge is 0.261 e. The molecule has 1 amide bonds. The number of benzene rings is 1. The molecule has 0 aliphatic carbocycles. The Labute approximate surface area is 187 Å². The molecule has 0 spiro atoms. The quantitative estimate of drug-likeness (QED) is 0.389. The molecule has 9 heteroatoms. The minimum atomic E-state index is -0.144. The Morgan fingerprint density at radius 1 is 1.21 bits per heavy atom. The molecule has 1 saturated heterocycles. The Hall–Kier alpha value is -1.54. The second-order valence-electron chi connectivity index (χ2n) is 6.83. The fourth-order valence-electron chi connectivity index (χ4n) is 3.36. The van der Waals surface area contributed by atoms with Gasteiger partial charge < -0.3 is 10.2 Å². The van der Waals surface area contributed by atoms with E-state index in [-0.39, 0.29) is 5.91 Å². The molecule has 0 atom stereocenters. The molecule has 4 rings (SSSR count). The van der Waals surface area contributed by atoms with Crippen molar-refractivity contribution in [2.24, 2.45) is 0 Å². The van der Waals surface area contributed by atoms with E-state index in [0.717, 1.165) is 39.8 Å². The molecule has 1 aromatic carbocycles. The summed E-state index contributed by atoms with van der Waals surface area (Å²) in [5.41, 5.74) is 0.823. The van der Waals surface area contributed by atoms with E-state index in [2.05, 4.69) is 15.2 Å². The Balaban J connectivity index is 1.59. The number of amides is 1. The van der Waals surface area contributed by atoms with Crippen molar-refractivity contribution in [3.8, 4) is 0 Å². The van der Waals surface area contributed by atoms with Crippen molar-refractivity contribution in [3.63, 3.8) is 0 Å². The minimum Gasteiger partial charge on any atom is -0.356 e. The number of piperidine rings is 1. The van der Waals surface area contributed by atoms with E-state index in [9.17, 15) is 4.79 Å². The van der Waals surface area contributed by atoms with E-state index in [1.807, 2.05) is 18.4 Å². The average Bonchev–Trinajstić information content (AvgIpc) is 3.17. The van der Waals surface area contributed by atoms with E-state index in [1.165, 1.54) is 42.4 Å². The number of aromatic nitrogens is 2. The number of nitrogens with zero attached hydrogens (tertiary/aromatic N) is 3. The Morgan fingerprint density at radius 3 is 2.72 bits per heavy atom. The van der Waals surface area contributed by atoms with Gasteiger partial charge in [0.25, 0.3) is 5.91 Å². The Morgan fingerprint density at radius 2 is 2.00 bits per heavy atom. The van der Waals surface area contributed by atoms with E-state index >= 15 is 0 Å². The lowest BCUT2D eigenvalue weighted by atomic mass is 10.1. The van der Waals surface area contributed by atoms with Crippen LogP contribution in [-0.2, 0) is 6.54 Å². The van der Waals surface area contributed by atoms with Gasteiger partial charge in [-0.25, -0.2) is 9.97 Å². The largest absolute Gasteiger partial charge is 0.356 e. The van der Waals surface area contributed by atoms with Crippen LogP contribution >= 0.6 is 46.3 Å². The van der Waals surface area contributed by atoms with E-state index in [1.54, 1.807) is 12.1 Å². The predicted octanol–water partition coefficient (Wildman–Crippen LogP) is 5.64. The number of thiophene rings is 1. The van der Waals surface area contributed by atoms with Crippen LogP contribution in [-0.4, -0.2) is 35.2 Å². The van der Waals surface area contributed by atoms with Crippen molar-refractivity contribution in [3.05, 3.63) is 44.8 Å². The molecule has 1 fully saturated rings. The van der Waals surface area contributed by atoms with Gasteiger partial charge in [-0.05, 0) is 49.3 Å². The maximum atomic E-state index is 12.8. The highest BCUT2D eigenvalue weighted by molar-refractivity contribution is 7.98. The van der Waals surface area contributed by atoms with Crippen LogP contribution in [0.3, 0.4) is 0 Å². The molecule has 3 heterocycles. The highest BCUT2D eigenvalue weighted by Gasteiger charge is 2.21. The molecule has 2 aromatic heterocycles. The van der Waals surface area contributed by atoms with Gasteiger partial charge in [-0.1, -0.05) is 41.0 Å². The van der Waals surface area contributed by atoms with Crippen molar-refractivity contribution < 1.29 is 4.79 Å². The van der Waals surface area contributed by atoms with Crippen molar-refractivity contribution in [2.75, 3.05) is 24.2 Å². The molecule has 0 bridgehead atoms. The molecule has 1 N–H and O–H groups in total. The van der Waals surface area contributed by atoms with E-state index < -0.39 is 0 Å². The fraction of sp³-hybridized carbons (Fsp3) is 0.350. The van der Waals surface area contributed by atoms with Crippen LogP contribution in [0.5, 0.6) is 0 Å². The Bertz CT molecular complexity index is 1050. The SMILES string of the molecule is CSc1nc(N2CCCCC2)c2cc(C(=O)NCc3ccc(Cl)cc3Cl)sc2n1. The van der Waals surface area contributed by atoms with Gasteiger partial charge in [0.15, 0.2) is 5.16 Å². The first-order chi connectivity index (χ1) is 14.0. The van der Waals surface area contributed by atoms with Crippen LogP contribution in [0.4, 0.5) is 5.82 Å². The molecule has 0 saturated carbocycles. The summed E-state index contributed by atoms with van der Waals surface area (Å²) in [4.78, 5) is 25.9. The van der Waals surface area contributed by atoms with Crippen LogP contribution in [0.25, 0.3) is 10.2 Å². The molecule has 152 valence electrons. The van der Waals surface area contributed by atoms with Gasteiger partial charge in [0, 0.05) is 29.7 Å². The number of hydrogen-bond acceptors (Lipinski definition) is 6. The number of fused-ring (bicyclic) bond motifs is 1. The number of carbonyl (C=O) groups is 1. The lowest BCUT2D eigenvalue weighted by molar-refractivity contribution is 0.0955. The van der Waals surface area contributed by atoms with Crippen molar-refractivity contribution >= 4 is 68.2 Å². The van der Waals surface area contributed by atoms with Crippen LogP contribution in [0.15, 0.2) is 29.4 Å². The van der Waals surface area contributed by atoms with Gasteiger partial charge in [0.2, 0.25) is 0 Å². The van der Waals surface area contributed by atoms with Gasteiger partial charge in [0.1, 0.15) is 10.6 Å². The van der Waals surface area contributed by atoms with Crippen LogP contribution in [0.2, 0.25) is 10.0 Å². The number of halogens is 2. The second kappa shape index (κ2) is 9.08. The highest BCUT2D eigenvalue weighted by Crippen LogP contribution is 2.34. The van der Waals surface area contributed by atoms with Gasteiger partial charge in [0.05, 0.1) is 10.3 Å². The van der Waals surface area contributed by atoms with Crippen molar-refractivity contribution in [2.45, 2.75) is 31.0 Å². The van der Waals surface area contributed by atoms with Gasteiger partial charge in [-0.2, -0.15) is 0 Å². The number of anilines is 1. The summed E-state index contributed by atoms with van der Waals surface area (Å²) in [6.45, 7) is 2.32. The second-order valence-corrected chi connectivity index (χ2v) is 9.48. The van der Waals surface area contributed by atoms with E-state index in [4.69, 9.17) is 28.2 Å². The molecule has 0 radical (unpaired) electrons. The molecule has 5 nitrogen and oxygen atoms in total. The number of carbonyl (C=O) groups excluding carboxylic acids is 1. The number of nitrogens with one attached hydrogen (secondary N) is 1. The van der Waals surface area contributed by atoms with Crippen LogP contribution in [0, 0.1) is 0 Å². The molecule has 1 aliphatic rings. The first-order valence-electron chi connectivity index (χ1n) is 9.38. The average molecular weight is 467 g/mol. The predicted molar refractivity (Wildman–Crippen MR) is 123 cm³/mol. The third kappa shape index (κ3) is 4.63. The molecule has 1 aliphatic heterocycles. The van der Waals surface area contributed by atoms with Crippen LogP contribution in [0.1, 0.15) is 34.5 Å². The zero-order valence-corrected chi connectivity index (χ0v) is 19.0. The number of hydrogen-bond donors (Lipinski definition) is 1. The van der Waals surface area contributed by atoms with Gasteiger partial charge in [-0.15, -0.1) is 11.3 Å². The normalized spacial score (nSPS) is 14.4. The monoisotopic (exact) mass is 466 g/mol. The first-order valence-corrected chi connectivity index (χ1v) is 12.2.